The molecule has 12 aromatic carbocycles. The van der Waals surface area contributed by atoms with Gasteiger partial charge in [-0.2, -0.15) is 0 Å². The maximum atomic E-state index is 2.42. The highest BCUT2D eigenvalue weighted by molar-refractivity contribution is 6.23. The first-order valence-corrected chi connectivity index (χ1v) is 22.8. The molecule has 0 unspecified atom stereocenters. The summed E-state index contributed by atoms with van der Waals surface area (Å²) in [7, 11) is 0. The van der Waals surface area contributed by atoms with Gasteiger partial charge >= 0.3 is 0 Å². The van der Waals surface area contributed by atoms with Gasteiger partial charge < -0.3 is 0 Å². The van der Waals surface area contributed by atoms with Gasteiger partial charge in [0, 0.05) is 0 Å². The van der Waals surface area contributed by atoms with Gasteiger partial charge in [0.05, 0.1) is 0 Å². The van der Waals surface area contributed by atoms with Crippen molar-refractivity contribution < 1.29 is 0 Å². The predicted octanol–water partition coefficient (Wildman–Crippen LogP) is 18.5. The van der Waals surface area contributed by atoms with E-state index in [1.165, 1.54) is 121 Å². The van der Waals surface area contributed by atoms with E-state index in [-0.39, 0.29) is 0 Å². The molecule has 0 fully saturated rings. The number of fused-ring (bicyclic) bond motifs is 4. The Hall–Kier alpha value is -8.58. The minimum absolute atomic E-state index is 1.17. The maximum absolute atomic E-state index is 2.42. The molecule has 0 atom stereocenters. The second kappa shape index (κ2) is 16.8. The summed E-state index contributed by atoms with van der Waals surface area (Å²) in [6.45, 7) is 0. The molecular weight excluding hydrogens is 793 g/mol. The smallest absolute Gasteiger partial charge is 0.00262 e. The fourth-order valence-electron chi connectivity index (χ4n) is 10.3. The van der Waals surface area contributed by atoms with Crippen LogP contribution >= 0.6 is 0 Å². The Morgan fingerprint density at radius 2 is 0.439 bits per heavy atom. The van der Waals surface area contributed by atoms with Gasteiger partial charge in [-0.1, -0.05) is 255 Å². The van der Waals surface area contributed by atoms with E-state index in [4.69, 9.17) is 0 Å². The molecule has 0 aliphatic heterocycles. The van der Waals surface area contributed by atoms with E-state index >= 15 is 0 Å². The molecule has 308 valence electrons. The van der Waals surface area contributed by atoms with Gasteiger partial charge in [-0.05, 0) is 133 Å². The molecule has 0 aromatic heterocycles. The SMILES string of the molecule is C(=Cc1ccccc1-c1ccc2c(-c3ccccc3)c3ccccc3c(-c3ccccc3)c2c1)c1ccccc1-c1ccc2c(-c3ccccc3)c3ccccc3c(-c3ccccc3)c2c1. The zero-order chi connectivity index (χ0) is 43.8. The average molecular weight is 837 g/mol. The highest BCUT2D eigenvalue weighted by Crippen LogP contribution is 2.47. The lowest BCUT2D eigenvalue weighted by Gasteiger charge is -2.19. The van der Waals surface area contributed by atoms with Gasteiger partial charge in [0.25, 0.3) is 0 Å². The van der Waals surface area contributed by atoms with Crippen LogP contribution in [0.2, 0.25) is 0 Å². The third kappa shape index (κ3) is 6.88. The molecule has 0 spiro atoms. The third-order valence-electron chi connectivity index (χ3n) is 13.3. The molecule has 0 N–H and O–H groups in total. The largest absolute Gasteiger partial charge is 0.0622 e. The minimum atomic E-state index is 1.17. The van der Waals surface area contributed by atoms with E-state index in [1.54, 1.807) is 0 Å². The first-order valence-electron chi connectivity index (χ1n) is 22.8. The Bertz CT molecular complexity index is 3520. The van der Waals surface area contributed by atoms with Crippen molar-refractivity contribution in [3.8, 4) is 66.8 Å². The van der Waals surface area contributed by atoms with Crippen molar-refractivity contribution in [2.45, 2.75) is 0 Å². The molecule has 0 saturated carbocycles. The summed E-state index contributed by atoms with van der Waals surface area (Å²) < 4.78 is 0. The molecule has 0 heteroatoms. The standard InChI is InChI=1S/C66H44/c1-5-23-47(24-6-1)63-55-33-17-19-35-57(55)65(49-27-9-3-10-28-49)61-43-51(39-41-59(61)63)53-31-15-13-21-45(53)37-38-46-22-14-16-32-54(46)52-40-42-60-62(44-52)66(50-29-11-4-12-30-50)58-36-20-18-34-56(58)64(60)48-25-7-2-8-26-48/h1-44H. The Kier molecular flexibility index (Phi) is 9.97. The monoisotopic (exact) mass is 836 g/mol. The highest BCUT2D eigenvalue weighted by Gasteiger charge is 2.20. The Morgan fingerprint density at radius 3 is 0.773 bits per heavy atom. The van der Waals surface area contributed by atoms with Crippen LogP contribution in [0.15, 0.2) is 255 Å². The summed E-state index contributed by atoms with van der Waals surface area (Å²) in [5.74, 6) is 0. The first-order chi connectivity index (χ1) is 32.8. The van der Waals surface area contributed by atoms with E-state index in [2.05, 4.69) is 267 Å². The predicted molar refractivity (Wildman–Crippen MR) is 284 cm³/mol. The molecule has 12 aromatic rings. The molecule has 0 radical (unpaired) electrons. The van der Waals surface area contributed by atoms with Gasteiger partial charge in [-0.25, -0.2) is 0 Å². The fourth-order valence-corrected chi connectivity index (χ4v) is 10.3. The Labute approximate surface area is 386 Å². The van der Waals surface area contributed by atoms with Crippen LogP contribution in [0.5, 0.6) is 0 Å². The number of hydrogen-bond donors (Lipinski definition) is 0. The van der Waals surface area contributed by atoms with Gasteiger partial charge in [0.2, 0.25) is 0 Å². The van der Waals surface area contributed by atoms with E-state index in [0.29, 0.717) is 0 Å². The van der Waals surface area contributed by atoms with E-state index < -0.39 is 0 Å². The first kappa shape index (κ1) is 39.0. The zero-order valence-electron chi connectivity index (χ0n) is 36.4. The minimum Gasteiger partial charge on any atom is -0.0622 e. The van der Waals surface area contributed by atoms with Crippen LogP contribution in [-0.2, 0) is 0 Å². The maximum Gasteiger partial charge on any atom is -0.00262 e. The summed E-state index contributed by atoms with van der Waals surface area (Å²) in [6.07, 6.45) is 4.59. The quantitative estimate of drug-likeness (QED) is 0.106. The van der Waals surface area contributed by atoms with Gasteiger partial charge in [-0.3, -0.25) is 0 Å². The molecule has 0 heterocycles. The number of hydrogen-bond acceptors (Lipinski definition) is 0. The van der Waals surface area contributed by atoms with Crippen LogP contribution in [0.25, 0.3) is 122 Å². The number of benzene rings is 12. The second-order valence-electron chi connectivity index (χ2n) is 17.1. The van der Waals surface area contributed by atoms with Crippen LogP contribution in [0.3, 0.4) is 0 Å². The van der Waals surface area contributed by atoms with Crippen molar-refractivity contribution >= 4 is 55.2 Å². The molecule has 0 bridgehead atoms. The van der Waals surface area contributed by atoms with Crippen LogP contribution in [-0.4, -0.2) is 0 Å². The lowest BCUT2D eigenvalue weighted by atomic mass is 9.84. The van der Waals surface area contributed by atoms with E-state index in [0.717, 1.165) is 0 Å². The van der Waals surface area contributed by atoms with Gasteiger partial charge in [0.1, 0.15) is 0 Å². The van der Waals surface area contributed by atoms with Crippen LogP contribution in [0.4, 0.5) is 0 Å². The zero-order valence-corrected chi connectivity index (χ0v) is 36.4. The van der Waals surface area contributed by atoms with E-state index in [1.807, 2.05) is 0 Å². The number of rotatable bonds is 8. The lowest BCUT2D eigenvalue weighted by molar-refractivity contribution is 1.59. The molecular formula is C66H44. The van der Waals surface area contributed by atoms with Crippen molar-refractivity contribution in [3.05, 3.63) is 266 Å². The topological polar surface area (TPSA) is 0 Å². The molecule has 66 heavy (non-hydrogen) atoms. The third-order valence-corrected chi connectivity index (χ3v) is 13.3. The molecule has 0 amide bonds. The van der Waals surface area contributed by atoms with Gasteiger partial charge in [-0.15, -0.1) is 0 Å². The molecule has 0 aliphatic rings. The lowest BCUT2D eigenvalue weighted by Crippen LogP contribution is -1.92. The summed E-state index contributed by atoms with van der Waals surface area (Å²) in [6, 6.07) is 93.0. The summed E-state index contributed by atoms with van der Waals surface area (Å²) in [5, 5.41) is 10.0. The highest BCUT2D eigenvalue weighted by atomic mass is 14.2. The van der Waals surface area contributed by atoms with Crippen molar-refractivity contribution in [1.29, 1.82) is 0 Å². The van der Waals surface area contributed by atoms with Crippen molar-refractivity contribution in [2.75, 3.05) is 0 Å². The average Bonchev–Trinajstić information content (AvgIpc) is 3.39. The van der Waals surface area contributed by atoms with Crippen molar-refractivity contribution in [2.24, 2.45) is 0 Å². The Morgan fingerprint density at radius 1 is 0.182 bits per heavy atom. The van der Waals surface area contributed by atoms with E-state index in [9.17, 15) is 0 Å². The van der Waals surface area contributed by atoms with Crippen molar-refractivity contribution in [3.63, 3.8) is 0 Å². The second-order valence-corrected chi connectivity index (χ2v) is 17.1. The summed E-state index contributed by atoms with van der Waals surface area (Å²) in [5.41, 5.74) is 17.0. The Balaban J connectivity index is 1.01. The van der Waals surface area contributed by atoms with Crippen LogP contribution in [0.1, 0.15) is 11.1 Å². The van der Waals surface area contributed by atoms with Crippen LogP contribution < -0.4 is 0 Å². The summed E-state index contributed by atoms with van der Waals surface area (Å²) >= 11 is 0. The van der Waals surface area contributed by atoms with Crippen molar-refractivity contribution in [1.82, 2.24) is 0 Å². The molecule has 0 saturated heterocycles. The van der Waals surface area contributed by atoms with Crippen LogP contribution in [0, 0.1) is 0 Å². The molecule has 12 rings (SSSR count). The normalized spacial score (nSPS) is 11.6. The summed E-state index contributed by atoms with van der Waals surface area (Å²) in [4.78, 5) is 0. The molecule has 0 aliphatic carbocycles. The van der Waals surface area contributed by atoms with Gasteiger partial charge in [0.15, 0.2) is 0 Å². The molecule has 0 nitrogen and oxygen atoms in total. The fraction of sp³-hybridized carbons (Fsp3) is 0.